The van der Waals surface area contributed by atoms with Gasteiger partial charge in [0.25, 0.3) is 0 Å². The second kappa shape index (κ2) is 9.37. The first-order valence-electron chi connectivity index (χ1n) is 7.26. The highest BCUT2D eigenvalue weighted by molar-refractivity contribution is 9.10. The zero-order chi connectivity index (χ0) is 15.0. The third kappa shape index (κ3) is 7.27. The van der Waals surface area contributed by atoms with Gasteiger partial charge in [-0.05, 0) is 65.9 Å². The molecular weight excluding hydrogens is 318 g/mol. The van der Waals surface area contributed by atoms with Crippen LogP contribution in [0.4, 0.5) is 0 Å². The van der Waals surface area contributed by atoms with Gasteiger partial charge in [0.15, 0.2) is 0 Å². The van der Waals surface area contributed by atoms with Gasteiger partial charge in [0.05, 0.1) is 4.47 Å². The van der Waals surface area contributed by atoms with Gasteiger partial charge in [-0.1, -0.05) is 19.9 Å². The Morgan fingerprint density at radius 1 is 1.35 bits per heavy atom. The van der Waals surface area contributed by atoms with Crippen LogP contribution in [0.1, 0.15) is 32.3 Å². The number of aryl methyl sites for hydroxylation is 1. The molecule has 0 spiro atoms. The Bertz CT molecular complexity index is 396. The molecule has 2 N–H and O–H groups in total. The van der Waals surface area contributed by atoms with Crippen LogP contribution in [0.3, 0.4) is 0 Å². The lowest BCUT2D eigenvalue weighted by molar-refractivity contribution is 0.106. The van der Waals surface area contributed by atoms with Crippen molar-refractivity contribution in [2.75, 3.05) is 19.7 Å². The zero-order valence-corrected chi connectivity index (χ0v) is 14.2. The van der Waals surface area contributed by atoms with Gasteiger partial charge in [-0.3, -0.25) is 0 Å². The average Bonchev–Trinajstić information content (AvgIpc) is 2.37. The number of hydrogen-bond acceptors (Lipinski definition) is 3. The van der Waals surface area contributed by atoms with E-state index < -0.39 is 6.10 Å². The Hall–Kier alpha value is -0.580. The van der Waals surface area contributed by atoms with Crippen LogP contribution in [-0.4, -0.2) is 30.9 Å². The number of ether oxygens (including phenoxy) is 1. The molecule has 0 saturated carbocycles. The number of benzene rings is 1. The number of halogens is 1. The van der Waals surface area contributed by atoms with Gasteiger partial charge in [0.1, 0.15) is 18.5 Å². The summed E-state index contributed by atoms with van der Waals surface area (Å²) in [6.07, 6.45) is 1.88. The molecule has 0 radical (unpaired) electrons. The molecule has 0 aliphatic carbocycles. The van der Waals surface area contributed by atoms with Gasteiger partial charge in [-0.25, -0.2) is 0 Å². The Balaban J connectivity index is 2.18. The molecule has 0 aromatic heterocycles. The first kappa shape index (κ1) is 17.5. The summed E-state index contributed by atoms with van der Waals surface area (Å²) >= 11 is 3.46. The summed E-state index contributed by atoms with van der Waals surface area (Å²) in [5.74, 6) is 1.51. The van der Waals surface area contributed by atoms with Gasteiger partial charge in [0.2, 0.25) is 0 Å². The normalized spacial score (nSPS) is 12.7. The van der Waals surface area contributed by atoms with E-state index in [2.05, 4.69) is 35.1 Å². The van der Waals surface area contributed by atoms with Crippen LogP contribution >= 0.6 is 15.9 Å². The highest BCUT2D eigenvalue weighted by Crippen LogP contribution is 2.25. The molecule has 4 heteroatoms. The van der Waals surface area contributed by atoms with Crippen molar-refractivity contribution >= 4 is 15.9 Å². The summed E-state index contributed by atoms with van der Waals surface area (Å²) in [6, 6.07) is 5.92. The number of aliphatic hydroxyl groups excluding tert-OH is 1. The number of nitrogens with one attached hydrogen (secondary N) is 1. The lowest BCUT2D eigenvalue weighted by atomic mass is 10.1. The van der Waals surface area contributed by atoms with Gasteiger partial charge < -0.3 is 15.2 Å². The number of aliphatic hydroxyl groups is 1. The van der Waals surface area contributed by atoms with Crippen LogP contribution in [0, 0.1) is 12.8 Å². The fourth-order valence-electron chi connectivity index (χ4n) is 1.87. The highest BCUT2D eigenvalue weighted by Gasteiger charge is 2.07. The van der Waals surface area contributed by atoms with Crippen molar-refractivity contribution in [1.29, 1.82) is 0 Å². The number of rotatable bonds is 9. The molecule has 0 saturated heterocycles. The lowest BCUT2D eigenvalue weighted by Crippen LogP contribution is -2.32. The SMILES string of the molecule is Cc1ccc(OCC(O)CNCCCC(C)C)c(Br)c1. The maximum atomic E-state index is 9.86. The van der Waals surface area contributed by atoms with E-state index in [9.17, 15) is 5.11 Å². The maximum absolute atomic E-state index is 9.86. The van der Waals surface area contributed by atoms with Crippen molar-refractivity contribution in [2.24, 2.45) is 5.92 Å². The molecule has 1 aromatic carbocycles. The molecule has 0 heterocycles. The molecule has 1 aromatic rings. The van der Waals surface area contributed by atoms with Gasteiger partial charge in [-0.2, -0.15) is 0 Å². The molecule has 114 valence electrons. The van der Waals surface area contributed by atoms with E-state index in [-0.39, 0.29) is 0 Å². The minimum absolute atomic E-state index is 0.304. The molecule has 3 nitrogen and oxygen atoms in total. The maximum Gasteiger partial charge on any atom is 0.133 e. The second-order valence-electron chi connectivity index (χ2n) is 5.64. The van der Waals surface area contributed by atoms with Crippen LogP contribution in [0.25, 0.3) is 0 Å². The van der Waals surface area contributed by atoms with E-state index in [1.165, 1.54) is 12.0 Å². The summed E-state index contributed by atoms with van der Waals surface area (Å²) in [5.41, 5.74) is 1.18. The van der Waals surface area contributed by atoms with Gasteiger partial charge in [-0.15, -0.1) is 0 Å². The Labute approximate surface area is 130 Å². The second-order valence-corrected chi connectivity index (χ2v) is 6.49. The van der Waals surface area contributed by atoms with Crippen LogP contribution in [0.5, 0.6) is 5.75 Å². The number of hydrogen-bond donors (Lipinski definition) is 2. The van der Waals surface area contributed by atoms with Crippen LogP contribution < -0.4 is 10.1 Å². The highest BCUT2D eigenvalue weighted by atomic mass is 79.9. The minimum Gasteiger partial charge on any atom is -0.490 e. The topological polar surface area (TPSA) is 41.5 Å². The van der Waals surface area contributed by atoms with Crippen LogP contribution in [0.2, 0.25) is 0 Å². The van der Waals surface area contributed by atoms with Crippen LogP contribution in [-0.2, 0) is 0 Å². The van der Waals surface area contributed by atoms with Crippen molar-refractivity contribution in [3.8, 4) is 5.75 Å². The quantitative estimate of drug-likeness (QED) is 0.674. The predicted molar refractivity (Wildman–Crippen MR) is 87.3 cm³/mol. The molecule has 20 heavy (non-hydrogen) atoms. The van der Waals surface area contributed by atoms with Crippen molar-refractivity contribution in [2.45, 2.75) is 39.7 Å². The first-order chi connectivity index (χ1) is 9.49. The monoisotopic (exact) mass is 343 g/mol. The lowest BCUT2D eigenvalue weighted by Gasteiger charge is -2.14. The van der Waals surface area contributed by atoms with E-state index in [4.69, 9.17) is 4.74 Å². The van der Waals surface area contributed by atoms with Crippen molar-refractivity contribution < 1.29 is 9.84 Å². The van der Waals surface area contributed by atoms with Crippen molar-refractivity contribution in [3.63, 3.8) is 0 Å². The smallest absolute Gasteiger partial charge is 0.133 e. The van der Waals surface area contributed by atoms with E-state index in [0.717, 1.165) is 29.1 Å². The fourth-order valence-corrected chi connectivity index (χ4v) is 2.48. The van der Waals surface area contributed by atoms with E-state index >= 15 is 0 Å². The molecule has 0 fully saturated rings. The standard InChI is InChI=1S/C16H26BrNO2/c1-12(2)5-4-8-18-10-14(19)11-20-16-7-6-13(3)9-15(16)17/h6-7,9,12,14,18-19H,4-5,8,10-11H2,1-3H3. The predicted octanol–water partition coefficient (Wildman–Crippen LogP) is 3.52. The summed E-state index contributed by atoms with van der Waals surface area (Å²) in [6.45, 7) is 8.30. The average molecular weight is 344 g/mol. The van der Waals surface area contributed by atoms with Crippen LogP contribution in [0.15, 0.2) is 22.7 Å². The largest absolute Gasteiger partial charge is 0.490 e. The molecule has 0 aliphatic heterocycles. The minimum atomic E-state index is -0.484. The molecule has 0 bridgehead atoms. The molecule has 1 rings (SSSR count). The summed E-state index contributed by atoms with van der Waals surface area (Å²) in [4.78, 5) is 0. The van der Waals surface area contributed by atoms with Gasteiger partial charge in [0, 0.05) is 6.54 Å². The Kier molecular flexibility index (Phi) is 8.19. The Morgan fingerprint density at radius 2 is 2.10 bits per heavy atom. The third-order valence-corrected chi connectivity index (χ3v) is 3.65. The third-order valence-electron chi connectivity index (χ3n) is 3.03. The molecule has 0 aliphatic rings. The molecule has 1 atom stereocenters. The summed E-state index contributed by atoms with van der Waals surface area (Å²) < 4.78 is 6.54. The molecule has 0 amide bonds. The van der Waals surface area contributed by atoms with Crippen molar-refractivity contribution in [1.82, 2.24) is 5.32 Å². The van der Waals surface area contributed by atoms with Gasteiger partial charge >= 0.3 is 0 Å². The first-order valence-corrected chi connectivity index (χ1v) is 8.06. The summed E-state index contributed by atoms with van der Waals surface area (Å²) in [5, 5.41) is 13.1. The Morgan fingerprint density at radius 3 is 2.75 bits per heavy atom. The molecular formula is C16H26BrNO2. The fraction of sp³-hybridized carbons (Fsp3) is 0.625. The van der Waals surface area contributed by atoms with E-state index in [0.29, 0.717) is 13.2 Å². The zero-order valence-electron chi connectivity index (χ0n) is 12.7. The molecule has 1 unspecified atom stereocenters. The summed E-state index contributed by atoms with van der Waals surface area (Å²) in [7, 11) is 0. The van der Waals surface area contributed by atoms with Crippen molar-refractivity contribution in [3.05, 3.63) is 28.2 Å². The van der Waals surface area contributed by atoms with E-state index in [1.54, 1.807) is 0 Å². The van der Waals surface area contributed by atoms with E-state index in [1.807, 2.05) is 25.1 Å².